The quantitative estimate of drug-likeness (QED) is 0.924. The van der Waals surface area contributed by atoms with Gasteiger partial charge in [-0.2, -0.15) is 0 Å². The molecule has 1 N–H and O–H groups in total. The van der Waals surface area contributed by atoms with Gasteiger partial charge in [-0.3, -0.25) is 4.90 Å². The fraction of sp³-hybridized carbons (Fsp3) is 0.769. The minimum absolute atomic E-state index is 0. The van der Waals surface area contributed by atoms with E-state index in [9.17, 15) is 0 Å². The molecule has 104 valence electrons. The Balaban J connectivity index is 0.00000162. The molecule has 1 saturated heterocycles. The van der Waals surface area contributed by atoms with Gasteiger partial charge < -0.3 is 5.32 Å². The van der Waals surface area contributed by atoms with E-state index in [2.05, 4.69) is 36.4 Å². The lowest BCUT2D eigenvalue weighted by atomic mass is 10.1. The number of aryl methyl sites for hydroxylation is 1. The van der Waals surface area contributed by atoms with E-state index in [0.29, 0.717) is 12.1 Å². The average Bonchev–Trinajstić information content (AvgIpc) is 2.72. The lowest BCUT2D eigenvalue weighted by molar-refractivity contribution is 0.108. The van der Waals surface area contributed by atoms with Gasteiger partial charge in [-0.1, -0.05) is 13.3 Å². The Bertz CT molecular complexity index is 346. The van der Waals surface area contributed by atoms with Crippen LogP contribution >= 0.6 is 23.7 Å². The molecule has 18 heavy (non-hydrogen) atoms. The standard InChI is InChI=1S/C13H23N3S.ClH/c1-4-5-12-9-17-13(15-12)8-16-10(2)6-14-7-11(16)3;/h9-11,14H,4-8H2,1-3H3;1H/t10-,11+;. The van der Waals surface area contributed by atoms with Gasteiger partial charge in [-0.25, -0.2) is 4.98 Å². The summed E-state index contributed by atoms with van der Waals surface area (Å²) >= 11 is 1.81. The molecule has 5 heteroatoms. The highest BCUT2D eigenvalue weighted by atomic mass is 35.5. The van der Waals surface area contributed by atoms with Gasteiger partial charge in [0.25, 0.3) is 0 Å². The summed E-state index contributed by atoms with van der Waals surface area (Å²) in [5, 5.41) is 6.96. The van der Waals surface area contributed by atoms with Crippen LogP contribution in [0.4, 0.5) is 0 Å². The molecule has 2 heterocycles. The maximum Gasteiger partial charge on any atom is 0.107 e. The van der Waals surface area contributed by atoms with Crippen LogP contribution in [0.2, 0.25) is 0 Å². The molecule has 1 aliphatic heterocycles. The number of nitrogens with one attached hydrogen (secondary N) is 1. The van der Waals surface area contributed by atoms with E-state index in [1.54, 1.807) is 0 Å². The van der Waals surface area contributed by atoms with E-state index in [4.69, 9.17) is 4.98 Å². The van der Waals surface area contributed by atoms with E-state index < -0.39 is 0 Å². The number of halogens is 1. The second kappa shape index (κ2) is 7.43. The van der Waals surface area contributed by atoms with Crippen molar-refractivity contribution in [1.29, 1.82) is 0 Å². The van der Waals surface area contributed by atoms with Crippen molar-refractivity contribution >= 4 is 23.7 Å². The van der Waals surface area contributed by atoms with Crippen molar-refractivity contribution in [2.45, 2.75) is 52.2 Å². The van der Waals surface area contributed by atoms with Crippen LogP contribution in [0.15, 0.2) is 5.38 Å². The predicted octanol–water partition coefficient (Wildman–Crippen LogP) is 2.70. The summed E-state index contributed by atoms with van der Waals surface area (Å²) in [6, 6.07) is 1.22. The van der Waals surface area contributed by atoms with Crippen LogP contribution in [0.25, 0.3) is 0 Å². The molecule has 0 aromatic carbocycles. The van der Waals surface area contributed by atoms with Crippen LogP contribution in [0.5, 0.6) is 0 Å². The SMILES string of the molecule is CCCc1csc(CN2[C@H](C)CNC[C@@H]2C)n1.Cl. The monoisotopic (exact) mass is 289 g/mol. The molecule has 2 rings (SSSR count). The molecular formula is C13H24ClN3S. The topological polar surface area (TPSA) is 28.2 Å². The van der Waals surface area contributed by atoms with Crippen molar-refractivity contribution in [3.8, 4) is 0 Å². The summed E-state index contributed by atoms with van der Waals surface area (Å²) in [5.74, 6) is 0. The summed E-state index contributed by atoms with van der Waals surface area (Å²) < 4.78 is 0. The van der Waals surface area contributed by atoms with E-state index >= 15 is 0 Å². The number of thiazole rings is 1. The molecule has 0 bridgehead atoms. The lowest BCUT2D eigenvalue weighted by Crippen LogP contribution is -2.54. The second-order valence-electron chi connectivity index (χ2n) is 5.01. The first kappa shape index (κ1) is 15.9. The Labute approximate surface area is 120 Å². The Morgan fingerprint density at radius 2 is 2.06 bits per heavy atom. The summed E-state index contributed by atoms with van der Waals surface area (Å²) in [5.41, 5.74) is 1.27. The summed E-state index contributed by atoms with van der Waals surface area (Å²) in [6.07, 6.45) is 2.30. The highest BCUT2D eigenvalue weighted by Crippen LogP contribution is 2.18. The molecule has 0 saturated carbocycles. The van der Waals surface area contributed by atoms with Crippen molar-refractivity contribution in [1.82, 2.24) is 15.2 Å². The third kappa shape index (κ3) is 3.92. The van der Waals surface area contributed by atoms with Crippen molar-refractivity contribution in [2.75, 3.05) is 13.1 Å². The van der Waals surface area contributed by atoms with E-state index in [1.165, 1.54) is 17.1 Å². The highest BCUT2D eigenvalue weighted by molar-refractivity contribution is 7.09. The Morgan fingerprint density at radius 3 is 2.67 bits per heavy atom. The van der Waals surface area contributed by atoms with Gasteiger partial charge in [-0.05, 0) is 20.3 Å². The largest absolute Gasteiger partial charge is 0.314 e. The zero-order valence-electron chi connectivity index (χ0n) is 11.5. The predicted molar refractivity (Wildman–Crippen MR) is 80.7 cm³/mol. The molecule has 0 unspecified atom stereocenters. The lowest BCUT2D eigenvalue weighted by Gasteiger charge is -2.38. The maximum atomic E-state index is 4.72. The smallest absolute Gasteiger partial charge is 0.107 e. The third-order valence-corrected chi connectivity index (χ3v) is 4.32. The molecule has 0 amide bonds. The molecule has 1 aromatic rings. The van der Waals surface area contributed by atoms with Crippen LogP contribution in [0.1, 0.15) is 37.9 Å². The first-order chi connectivity index (χ1) is 8.20. The van der Waals surface area contributed by atoms with Crippen LogP contribution < -0.4 is 5.32 Å². The van der Waals surface area contributed by atoms with Crippen molar-refractivity contribution in [2.24, 2.45) is 0 Å². The van der Waals surface area contributed by atoms with E-state index in [0.717, 1.165) is 26.1 Å². The fourth-order valence-electron chi connectivity index (χ4n) is 2.43. The Morgan fingerprint density at radius 1 is 1.39 bits per heavy atom. The molecule has 0 aliphatic carbocycles. The number of piperazine rings is 1. The number of hydrogen-bond acceptors (Lipinski definition) is 4. The Hall–Kier alpha value is -0.160. The van der Waals surface area contributed by atoms with Gasteiger partial charge in [0.15, 0.2) is 0 Å². The molecular weight excluding hydrogens is 266 g/mol. The van der Waals surface area contributed by atoms with Crippen LogP contribution in [-0.2, 0) is 13.0 Å². The zero-order valence-corrected chi connectivity index (χ0v) is 13.1. The maximum absolute atomic E-state index is 4.72. The molecule has 0 spiro atoms. The fourth-order valence-corrected chi connectivity index (χ4v) is 3.27. The van der Waals surface area contributed by atoms with Crippen molar-refractivity contribution in [3.63, 3.8) is 0 Å². The average molecular weight is 290 g/mol. The number of aromatic nitrogens is 1. The molecule has 0 radical (unpaired) electrons. The summed E-state index contributed by atoms with van der Waals surface area (Å²) in [7, 11) is 0. The Kier molecular flexibility index (Phi) is 6.57. The van der Waals surface area contributed by atoms with Crippen LogP contribution in [-0.4, -0.2) is 35.1 Å². The van der Waals surface area contributed by atoms with Gasteiger partial charge >= 0.3 is 0 Å². The first-order valence-electron chi connectivity index (χ1n) is 6.60. The molecule has 3 nitrogen and oxygen atoms in total. The van der Waals surface area contributed by atoms with Crippen LogP contribution in [0, 0.1) is 0 Å². The zero-order chi connectivity index (χ0) is 12.3. The van der Waals surface area contributed by atoms with Gasteiger partial charge in [-0.15, -0.1) is 23.7 Å². The highest BCUT2D eigenvalue weighted by Gasteiger charge is 2.25. The molecule has 2 atom stereocenters. The number of rotatable bonds is 4. The summed E-state index contributed by atoms with van der Waals surface area (Å²) in [6.45, 7) is 10.00. The van der Waals surface area contributed by atoms with Gasteiger partial charge in [0.2, 0.25) is 0 Å². The van der Waals surface area contributed by atoms with Gasteiger partial charge in [0.05, 0.1) is 12.2 Å². The normalized spacial score (nSPS) is 24.8. The third-order valence-electron chi connectivity index (χ3n) is 3.44. The molecule has 1 fully saturated rings. The van der Waals surface area contributed by atoms with Gasteiger partial charge in [0, 0.05) is 30.6 Å². The first-order valence-corrected chi connectivity index (χ1v) is 7.48. The molecule has 1 aromatic heterocycles. The summed E-state index contributed by atoms with van der Waals surface area (Å²) in [4.78, 5) is 7.28. The van der Waals surface area contributed by atoms with Crippen molar-refractivity contribution in [3.05, 3.63) is 16.1 Å². The number of nitrogens with zero attached hydrogens (tertiary/aromatic N) is 2. The number of hydrogen-bond donors (Lipinski definition) is 1. The minimum atomic E-state index is 0. The van der Waals surface area contributed by atoms with E-state index in [1.807, 2.05) is 11.3 Å². The van der Waals surface area contributed by atoms with E-state index in [-0.39, 0.29) is 12.4 Å². The second-order valence-corrected chi connectivity index (χ2v) is 5.95. The molecule has 1 aliphatic rings. The minimum Gasteiger partial charge on any atom is -0.314 e. The van der Waals surface area contributed by atoms with Gasteiger partial charge in [0.1, 0.15) is 5.01 Å². The van der Waals surface area contributed by atoms with Crippen molar-refractivity contribution < 1.29 is 0 Å². The van der Waals surface area contributed by atoms with Crippen LogP contribution in [0.3, 0.4) is 0 Å².